The third-order valence-electron chi connectivity index (χ3n) is 3.45. The van der Waals surface area contributed by atoms with Gasteiger partial charge in [-0.25, -0.2) is 0 Å². The van der Waals surface area contributed by atoms with Crippen LogP contribution in [0.5, 0.6) is 0 Å². The Kier molecular flexibility index (Phi) is 7.71. The van der Waals surface area contributed by atoms with Gasteiger partial charge < -0.3 is 16.0 Å². The van der Waals surface area contributed by atoms with Gasteiger partial charge in [-0.05, 0) is 37.8 Å². The second kappa shape index (κ2) is 9.02. The number of hydrogen-bond acceptors (Lipinski definition) is 4. The third kappa shape index (κ3) is 5.65. The first-order valence-electron chi connectivity index (χ1n) is 6.99. The van der Waals surface area contributed by atoms with Gasteiger partial charge in [-0.3, -0.25) is 9.59 Å². The molecule has 3 N–H and O–H groups in total. The molecule has 1 saturated heterocycles. The number of rotatable bonds is 5. The van der Waals surface area contributed by atoms with Crippen LogP contribution in [0.2, 0.25) is 0 Å². The zero-order chi connectivity index (χ0) is 14.4. The molecular weight excluding hydrogens is 310 g/mol. The first-order valence-corrected chi connectivity index (χ1v) is 7.87. The maximum absolute atomic E-state index is 12.0. The topological polar surface area (TPSA) is 70.2 Å². The minimum absolute atomic E-state index is 0. The molecule has 1 aromatic rings. The summed E-state index contributed by atoms with van der Waals surface area (Å²) in [5.41, 5.74) is 0. The molecule has 5 nitrogen and oxygen atoms in total. The predicted octanol–water partition coefficient (Wildman–Crippen LogP) is 1.40. The van der Waals surface area contributed by atoms with Crippen LogP contribution in [0.1, 0.15) is 29.4 Å². The van der Waals surface area contributed by atoms with E-state index in [2.05, 4.69) is 22.9 Å². The fraction of sp³-hybridized carbons (Fsp3) is 0.571. The van der Waals surface area contributed by atoms with Gasteiger partial charge in [-0.1, -0.05) is 6.07 Å². The van der Waals surface area contributed by atoms with Gasteiger partial charge in [0.2, 0.25) is 5.91 Å². The van der Waals surface area contributed by atoms with Gasteiger partial charge in [0.1, 0.15) is 0 Å². The van der Waals surface area contributed by atoms with Gasteiger partial charge in [-0.15, -0.1) is 23.7 Å². The number of carbonyl (C=O) groups excluding carboxylic acids is 2. The van der Waals surface area contributed by atoms with Crippen molar-refractivity contribution in [2.24, 2.45) is 5.92 Å². The highest BCUT2D eigenvalue weighted by Crippen LogP contribution is 2.15. The molecule has 1 aliphatic heterocycles. The summed E-state index contributed by atoms with van der Waals surface area (Å²) in [7, 11) is 0. The molecule has 0 saturated carbocycles. The SMILES string of the molecule is C[C@H]1C[C@@H](C(=O)NCCNC(=O)c2cccs2)CCN1.Cl. The lowest BCUT2D eigenvalue weighted by atomic mass is 9.92. The largest absolute Gasteiger partial charge is 0.354 e. The Balaban J connectivity index is 0.00000220. The number of hydrogen-bond donors (Lipinski definition) is 3. The summed E-state index contributed by atoms with van der Waals surface area (Å²) in [5, 5.41) is 10.9. The molecular formula is C14H22ClN3O2S. The fourth-order valence-electron chi connectivity index (χ4n) is 2.37. The van der Waals surface area contributed by atoms with Crippen molar-refractivity contribution in [2.75, 3.05) is 19.6 Å². The van der Waals surface area contributed by atoms with Crippen molar-refractivity contribution in [3.8, 4) is 0 Å². The molecule has 7 heteroatoms. The molecule has 2 rings (SSSR count). The molecule has 0 aliphatic carbocycles. The van der Waals surface area contributed by atoms with Crippen molar-refractivity contribution >= 4 is 35.6 Å². The molecule has 21 heavy (non-hydrogen) atoms. The minimum Gasteiger partial charge on any atom is -0.354 e. The van der Waals surface area contributed by atoms with Crippen LogP contribution < -0.4 is 16.0 Å². The van der Waals surface area contributed by atoms with E-state index in [-0.39, 0.29) is 30.1 Å². The van der Waals surface area contributed by atoms with Crippen molar-refractivity contribution in [3.05, 3.63) is 22.4 Å². The zero-order valence-corrected chi connectivity index (χ0v) is 13.7. The summed E-state index contributed by atoms with van der Waals surface area (Å²) in [4.78, 5) is 24.3. The molecule has 2 atom stereocenters. The van der Waals surface area contributed by atoms with E-state index >= 15 is 0 Å². The van der Waals surface area contributed by atoms with E-state index in [1.165, 1.54) is 11.3 Å². The maximum atomic E-state index is 12.0. The van der Waals surface area contributed by atoms with Crippen molar-refractivity contribution in [1.29, 1.82) is 0 Å². The van der Waals surface area contributed by atoms with Crippen molar-refractivity contribution in [3.63, 3.8) is 0 Å². The average molecular weight is 332 g/mol. The van der Waals surface area contributed by atoms with Crippen LogP contribution in [0.15, 0.2) is 17.5 Å². The first kappa shape index (κ1) is 17.9. The number of carbonyl (C=O) groups is 2. The van der Waals surface area contributed by atoms with E-state index in [0.717, 1.165) is 19.4 Å². The van der Waals surface area contributed by atoms with E-state index < -0.39 is 0 Å². The van der Waals surface area contributed by atoms with Gasteiger partial charge in [0.05, 0.1) is 4.88 Å². The molecule has 0 unspecified atom stereocenters. The summed E-state index contributed by atoms with van der Waals surface area (Å²) < 4.78 is 0. The first-order chi connectivity index (χ1) is 9.66. The van der Waals surface area contributed by atoms with E-state index in [1.807, 2.05) is 11.4 Å². The Morgan fingerprint density at radius 3 is 2.81 bits per heavy atom. The fourth-order valence-corrected chi connectivity index (χ4v) is 3.01. The van der Waals surface area contributed by atoms with Crippen LogP contribution in [0.3, 0.4) is 0 Å². The minimum atomic E-state index is -0.0789. The number of halogens is 1. The Hall–Kier alpha value is -1.11. The highest BCUT2D eigenvalue weighted by Gasteiger charge is 2.24. The Labute approximate surface area is 135 Å². The average Bonchev–Trinajstić information content (AvgIpc) is 2.97. The lowest BCUT2D eigenvalue weighted by Gasteiger charge is -2.27. The van der Waals surface area contributed by atoms with E-state index in [4.69, 9.17) is 0 Å². The second-order valence-electron chi connectivity index (χ2n) is 5.10. The lowest BCUT2D eigenvalue weighted by Crippen LogP contribution is -2.44. The van der Waals surface area contributed by atoms with Gasteiger partial charge in [0.15, 0.2) is 0 Å². The molecule has 1 aromatic heterocycles. The highest BCUT2D eigenvalue weighted by molar-refractivity contribution is 7.12. The molecule has 0 radical (unpaired) electrons. The zero-order valence-electron chi connectivity index (χ0n) is 12.1. The van der Waals surface area contributed by atoms with Crippen molar-refractivity contribution in [2.45, 2.75) is 25.8 Å². The van der Waals surface area contributed by atoms with Crippen molar-refractivity contribution in [1.82, 2.24) is 16.0 Å². The molecule has 118 valence electrons. The predicted molar refractivity (Wildman–Crippen MR) is 87.1 cm³/mol. The highest BCUT2D eigenvalue weighted by atomic mass is 35.5. The summed E-state index contributed by atoms with van der Waals surface area (Å²) in [6.45, 7) is 3.94. The number of amides is 2. The second-order valence-corrected chi connectivity index (χ2v) is 6.05. The molecule has 2 amide bonds. The van der Waals surface area contributed by atoms with E-state index in [1.54, 1.807) is 6.07 Å². The van der Waals surface area contributed by atoms with E-state index in [0.29, 0.717) is 24.0 Å². The standard InChI is InChI=1S/C14H21N3O2S.ClH/c1-10-9-11(4-5-15-10)13(18)16-6-7-17-14(19)12-3-2-8-20-12;/h2-3,8,10-11,15H,4-7,9H2,1H3,(H,16,18)(H,17,19);1H/t10-,11-;/m0./s1. The molecule has 0 aromatic carbocycles. The monoisotopic (exact) mass is 331 g/mol. The Morgan fingerprint density at radius 2 is 2.14 bits per heavy atom. The number of thiophene rings is 1. The molecule has 0 spiro atoms. The molecule has 1 aliphatic rings. The normalized spacial score (nSPS) is 21.2. The summed E-state index contributed by atoms with van der Waals surface area (Å²) in [6, 6.07) is 4.03. The van der Waals surface area contributed by atoms with Crippen molar-refractivity contribution < 1.29 is 9.59 Å². The van der Waals surface area contributed by atoms with Crippen LogP contribution in [0.25, 0.3) is 0 Å². The third-order valence-corrected chi connectivity index (χ3v) is 4.32. The lowest BCUT2D eigenvalue weighted by molar-refractivity contribution is -0.126. The van der Waals surface area contributed by atoms with Crippen LogP contribution in [-0.2, 0) is 4.79 Å². The summed E-state index contributed by atoms with van der Waals surface area (Å²) in [6.07, 6.45) is 1.77. The molecule has 1 fully saturated rings. The van der Waals surface area contributed by atoms with Crippen LogP contribution in [-0.4, -0.2) is 37.5 Å². The Morgan fingerprint density at radius 1 is 1.38 bits per heavy atom. The Bertz CT molecular complexity index is 453. The maximum Gasteiger partial charge on any atom is 0.261 e. The van der Waals surface area contributed by atoms with Gasteiger partial charge in [0, 0.05) is 25.0 Å². The number of nitrogens with one attached hydrogen (secondary N) is 3. The van der Waals surface area contributed by atoms with E-state index in [9.17, 15) is 9.59 Å². The summed E-state index contributed by atoms with van der Waals surface area (Å²) in [5.74, 6) is 0.118. The van der Waals surface area contributed by atoms with Crippen LogP contribution in [0.4, 0.5) is 0 Å². The summed E-state index contributed by atoms with van der Waals surface area (Å²) >= 11 is 1.41. The van der Waals surface area contributed by atoms with Gasteiger partial charge in [-0.2, -0.15) is 0 Å². The van der Waals surface area contributed by atoms with Crippen LogP contribution >= 0.6 is 23.7 Å². The molecule has 2 heterocycles. The van der Waals surface area contributed by atoms with Gasteiger partial charge in [0.25, 0.3) is 5.91 Å². The smallest absolute Gasteiger partial charge is 0.261 e. The quantitative estimate of drug-likeness (QED) is 0.714. The number of piperidine rings is 1. The van der Waals surface area contributed by atoms with Gasteiger partial charge >= 0.3 is 0 Å². The van der Waals surface area contributed by atoms with Crippen LogP contribution in [0, 0.1) is 5.92 Å². The molecule has 0 bridgehead atoms.